The molecule has 0 spiro atoms. The summed E-state index contributed by atoms with van der Waals surface area (Å²) in [4.78, 5) is 5.69. The Hall–Kier alpha value is -0.270. The van der Waals surface area contributed by atoms with Crippen LogP contribution < -0.4 is 0 Å². The van der Waals surface area contributed by atoms with Crippen molar-refractivity contribution in [1.29, 1.82) is 0 Å². The molecule has 15 heavy (non-hydrogen) atoms. The maximum absolute atomic E-state index is 12.2. The van der Waals surface area contributed by atoms with Crippen molar-refractivity contribution in [2.24, 2.45) is 0 Å². The van der Waals surface area contributed by atoms with Gasteiger partial charge < -0.3 is 0 Å². The fraction of sp³-hybridized carbons (Fsp3) is 0.625. The number of thioether (sulfide) groups is 1. The molecule has 1 aromatic rings. The number of alkyl halides is 3. The van der Waals surface area contributed by atoms with Gasteiger partial charge in [-0.15, -0.1) is 23.1 Å². The van der Waals surface area contributed by atoms with Crippen LogP contribution in [-0.2, 0) is 12.7 Å². The second kappa shape index (κ2) is 4.31. The lowest BCUT2D eigenvalue weighted by molar-refractivity contribution is -0.140. The third kappa shape index (κ3) is 2.85. The molecule has 0 N–H and O–H groups in total. The Labute approximate surface area is 93.5 Å². The predicted molar refractivity (Wildman–Crippen MR) is 54.9 cm³/mol. The Morgan fingerprint density at radius 3 is 2.80 bits per heavy atom. The van der Waals surface area contributed by atoms with E-state index < -0.39 is 11.9 Å². The van der Waals surface area contributed by atoms with Crippen LogP contribution >= 0.6 is 23.1 Å². The zero-order valence-electron chi connectivity index (χ0n) is 7.75. The maximum Gasteiger partial charge on any atom is 0.434 e. The molecule has 1 saturated heterocycles. The Morgan fingerprint density at radius 1 is 1.47 bits per heavy atom. The highest BCUT2D eigenvalue weighted by Crippen LogP contribution is 2.30. The second-order valence-electron chi connectivity index (χ2n) is 3.21. The van der Waals surface area contributed by atoms with Gasteiger partial charge in [-0.05, 0) is 0 Å². The van der Waals surface area contributed by atoms with Crippen LogP contribution in [-0.4, -0.2) is 28.1 Å². The molecular weight excluding hydrogens is 245 g/mol. The van der Waals surface area contributed by atoms with Gasteiger partial charge in [0, 0.05) is 23.6 Å². The number of aromatic nitrogens is 1. The summed E-state index contributed by atoms with van der Waals surface area (Å²) in [7, 11) is 0. The summed E-state index contributed by atoms with van der Waals surface area (Å²) >= 11 is 2.88. The standard InChI is InChI=1S/C8H9F3N2S2/c9-8(10,11)6-4-15-7(12-6)3-13-1-2-14-5-13/h4H,1-3,5H2. The average Bonchev–Trinajstić information content (AvgIpc) is 2.73. The predicted octanol–water partition coefficient (Wildman–Crippen LogP) is 2.67. The minimum Gasteiger partial charge on any atom is -0.287 e. The van der Waals surface area contributed by atoms with E-state index in [-0.39, 0.29) is 0 Å². The van der Waals surface area contributed by atoms with E-state index >= 15 is 0 Å². The number of hydrogen-bond donors (Lipinski definition) is 0. The summed E-state index contributed by atoms with van der Waals surface area (Å²) in [5, 5.41) is 1.63. The number of nitrogens with zero attached hydrogens (tertiary/aromatic N) is 2. The van der Waals surface area contributed by atoms with Gasteiger partial charge in [0.25, 0.3) is 0 Å². The average molecular weight is 254 g/mol. The first-order valence-corrected chi connectivity index (χ1v) is 6.41. The number of rotatable bonds is 2. The Bertz CT molecular complexity index is 331. The molecule has 0 unspecified atom stereocenters. The molecule has 0 saturated carbocycles. The monoisotopic (exact) mass is 254 g/mol. The first-order valence-electron chi connectivity index (χ1n) is 4.37. The largest absolute Gasteiger partial charge is 0.434 e. The summed E-state index contributed by atoms with van der Waals surface area (Å²) in [5.41, 5.74) is -0.769. The zero-order valence-corrected chi connectivity index (χ0v) is 9.38. The highest BCUT2D eigenvalue weighted by molar-refractivity contribution is 7.99. The van der Waals surface area contributed by atoms with Crippen LogP contribution in [0.25, 0.3) is 0 Å². The van der Waals surface area contributed by atoms with Crippen molar-refractivity contribution in [2.75, 3.05) is 18.2 Å². The van der Waals surface area contributed by atoms with Gasteiger partial charge in [0.15, 0.2) is 5.69 Å². The van der Waals surface area contributed by atoms with Gasteiger partial charge in [-0.25, -0.2) is 4.98 Å². The van der Waals surface area contributed by atoms with Gasteiger partial charge in [0.05, 0.1) is 6.54 Å². The highest BCUT2D eigenvalue weighted by atomic mass is 32.2. The van der Waals surface area contributed by atoms with Crippen molar-refractivity contribution in [1.82, 2.24) is 9.88 Å². The lowest BCUT2D eigenvalue weighted by atomic mass is 10.5. The molecule has 2 nitrogen and oxygen atoms in total. The van der Waals surface area contributed by atoms with Crippen LogP contribution in [0.15, 0.2) is 5.38 Å². The van der Waals surface area contributed by atoms with Gasteiger partial charge in [-0.2, -0.15) is 13.2 Å². The van der Waals surface area contributed by atoms with Crippen LogP contribution in [0, 0.1) is 0 Å². The maximum atomic E-state index is 12.2. The van der Waals surface area contributed by atoms with E-state index in [1.165, 1.54) is 0 Å². The van der Waals surface area contributed by atoms with Crippen molar-refractivity contribution in [3.8, 4) is 0 Å². The minimum atomic E-state index is -4.31. The van der Waals surface area contributed by atoms with Gasteiger partial charge in [-0.1, -0.05) is 0 Å². The molecule has 1 aromatic heterocycles. The first kappa shape index (κ1) is 11.2. The molecule has 84 valence electrons. The molecular formula is C8H9F3N2S2. The van der Waals surface area contributed by atoms with Crippen molar-refractivity contribution in [2.45, 2.75) is 12.7 Å². The summed E-state index contributed by atoms with van der Waals surface area (Å²) in [5.74, 6) is 1.94. The third-order valence-electron chi connectivity index (χ3n) is 2.03. The van der Waals surface area contributed by atoms with Gasteiger partial charge in [0.1, 0.15) is 5.01 Å². The van der Waals surface area contributed by atoms with E-state index in [1.54, 1.807) is 11.8 Å². The molecule has 1 fully saturated rings. The van der Waals surface area contributed by atoms with E-state index in [9.17, 15) is 13.2 Å². The van der Waals surface area contributed by atoms with Crippen molar-refractivity contribution < 1.29 is 13.2 Å². The van der Waals surface area contributed by atoms with E-state index in [2.05, 4.69) is 9.88 Å². The van der Waals surface area contributed by atoms with Crippen LogP contribution in [0.5, 0.6) is 0 Å². The lowest BCUT2D eigenvalue weighted by Gasteiger charge is -2.10. The summed E-state index contributed by atoms with van der Waals surface area (Å²) in [6.07, 6.45) is -4.31. The highest BCUT2D eigenvalue weighted by Gasteiger charge is 2.33. The van der Waals surface area contributed by atoms with Gasteiger partial charge in [0.2, 0.25) is 0 Å². The molecule has 0 bridgehead atoms. The molecule has 1 aliphatic rings. The van der Waals surface area contributed by atoms with Crippen LogP contribution in [0.4, 0.5) is 13.2 Å². The first-order chi connectivity index (χ1) is 7.05. The minimum absolute atomic E-state index is 0.535. The Balaban J connectivity index is 2.00. The summed E-state index contributed by atoms with van der Waals surface area (Å²) in [6, 6.07) is 0. The number of halogens is 3. The molecule has 7 heteroatoms. The van der Waals surface area contributed by atoms with Crippen LogP contribution in [0.3, 0.4) is 0 Å². The molecule has 0 radical (unpaired) electrons. The van der Waals surface area contributed by atoms with Crippen molar-refractivity contribution in [3.05, 3.63) is 16.1 Å². The number of hydrogen-bond acceptors (Lipinski definition) is 4. The third-order valence-corrected chi connectivity index (χ3v) is 3.88. The normalized spacial score (nSPS) is 18.6. The molecule has 0 aliphatic carbocycles. The van der Waals surface area contributed by atoms with E-state index in [0.717, 1.165) is 34.9 Å². The van der Waals surface area contributed by atoms with Crippen LogP contribution in [0.2, 0.25) is 0 Å². The van der Waals surface area contributed by atoms with Gasteiger partial charge >= 0.3 is 6.18 Å². The van der Waals surface area contributed by atoms with Gasteiger partial charge in [-0.3, -0.25) is 4.90 Å². The lowest BCUT2D eigenvalue weighted by Crippen LogP contribution is -2.18. The molecule has 0 amide bonds. The SMILES string of the molecule is FC(F)(F)c1csc(CN2CCSC2)n1. The molecule has 2 heterocycles. The number of thiazole rings is 1. The smallest absolute Gasteiger partial charge is 0.287 e. The van der Waals surface area contributed by atoms with Crippen molar-refractivity contribution >= 4 is 23.1 Å². The fourth-order valence-corrected chi connectivity index (χ4v) is 3.12. The summed E-state index contributed by atoms with van der Waals surface area (Å²) in [6.45, 7) is 1.47. The Morgan fingerprint density at radius 2 is 2.27 bits per heavy atom. The second-order valence-corrected chi connectivity index (χ2v) is 5.23. The van der Waals surface area contributed by atoms with E-state index in [4.69, 9.17) is 0 Å². The zero-order chi connectivity index (χ0) is 10.9. The van der Waals surface area contributed by atoms with E-state index in [1.807, 2.05) is 0 Å². The molecule has 1 aliphatic heterocycles. The van der Waals surface area contributed by atoms with Crippen molar-refractivity contribution in [3.63, 3.8) is 0 Å². The molecule has 0 atom stereocenters. The van der Waals surface area contributed by atoms with Crippen LogP contribution in [0.1, 0.15) is 10.7 Å². The summed E-state index contributed by atoms with van der Waals surface area (Å²) < 4.78 is 36.7. The molecule has 2 rings (SSSR count). The quantitative estimate of drug-likeness (QED) is 0.807. The topological polar surface area (TPSA) is 16.1 Å². The molecule has 0 aromatic carbocycles. The fourth-order valence-electron chi connectivity index (χ4n) is 1.28. The van der Waals surface area contributed by atoms with E-state index in [0.29, 0.717) is 11.6 Å². The Kier molecular flexibility index (Phi) is 3.22.